The molecule has 0 amide bonds. The molecule has 3 N–H and O–H groups in total. The van der Waals surface area contributed by atoms with Crippen molar-refractivity contribution in [2.75, 3.05) is 6.54 Å². The quantitative estimate of drug-likeness (QED) is 0.766. The van der Waals surface area contributed by atoms with Crippen LogP contribution < -0.4 is 5.32 Å². The van der Waals surface area contributed by atoms with Gasteiger partial charge in [0.1, 0.15) is 11.6 Å². The van der Waals surface area contributed by atoms with Crippen molar-refractivity contribution in [3.8, 4) is 0 Å². The molecule has 0 saturated carbocycles. The molecule has 0 aromatic heterocycles. The highest BCUT2D eigenvalue weighted by molar-refractivity contribution is 5.23. The molecule has 1 atom stereocenters. The lowest BCUT2D eigenvalue weighted by Crippen LogP contribution is -2.21. The van der Waals surface area contributed by atoms with Gasteiger partial charge in [-0.2, -0.15) is 0 Å². The predicted octanol–water partition coefficient (Wildman–Crippen LogP) is 2.28. The lowest BCUT2D eigenvalue weighted by molar-refractivity contribution is 0.169. The fraction of sp³-hybridized carbons (Fsp3) is 0.250. The minimum atomic E-state index is -1.11. The lowest BCUT2D eigenvalue weighted by Gasteiger charge is -2.13. The first-order chi connectivity index (χ1) is 10.1. The summed E-state index contributed by atoms with van der Waals surface area (Å²) in [7, 11) is 0. The van der Waals surface area contributed by atoms with E-state index >= 15 is 0 Å². The first-order valence-electron chi connectivity index (χ1n) is 6.62. The van der Waals surface area contributed by atoms with Gasteiger partial charge >= 0.3 is 0 Å². The summed E-state index contributed by atoms with van der Waals surface area (Å²) in [5.74, 6) is -1.21. The van der Waals surface area contributed by atoms with E-state index in [-0.39, 0.29) is 18.7 Å². The van der Waals surface area contributed by atoms with Gasteiger partial charge in [-0.15, -0.1) is 0 Å². The van der Waals surface area contributed by atoms with Gasteiger partial charge in [0.15, 0.2) is 0 Å². The van der Waals surface area contributed by atoms with Crippen molar-refractivity contribution in [2.45, 2.75) is 19.3 Å². The summed E-state index contributed by atoms with van der Waals surface area (Å²) in [6.45, 7) is 0.590. The van der Waals surface area contributed by atoms with Crippen LogP contribution in [0.15, 0.2) is 42.5 Å². The number of aliphatic hydroxyl groups excluding tert-OH is 2. The van der Waals surface area contributed by atoms with Crippen LogP contribution in [-0.2, 0) is 13.2 Å². The lowest BCUT2D eigenvalue weighted by atomic mass is 10.1. The molecule has 2 aromatic rings. The number of rotatable bonds is 6. The summed E-state index contributed by atoms with van der Waals surface area (Å²) in [6, 6.07) is 10.3. The Kier molecular flexibility index (Phi) is 5.38. The number of halogens is 2. The molecule has 21 heavy (non-hydrogen) atoms. The van der Waals surface area contributed by atoms with Crippen molar-refractivity contribution in [1.82, 2.24) is 5.32 Å². The molecule has 5 heteroatoms. The van der Waals surface area contributed by atoms with Crippen LogP contribution in [0.5, 0.6) is 0 Å². The Labute approximate surface area is 121 Å². The van der Waals surface area contributed by atoms with Crippen LogP contribution in [0.4, 0.5) is 8.78 Å². The molecule has 1 unspecified atom stereocenters. The van der Waals surface area contributed by atoms with E-state index in [0.717, 1.165) is 29.3 Å². The fourth-order valence-electron chi connectivity index (χ4n) is 2.00. The molecule has 0 heterocycles. The molecule has 112 valence electrons. The first-order valence-corrected chi connectivity index (χ1v) is 6.62. The van der Waals surface area contributed by atoms with Gasteiger partial charge in [0.25, 0.3) is 0 Å². The molecule has 0 bridgehead atoms. The smallest absolute Gasteiger partial charge is 0.129 e. The monoisotopic (exact) mass is 293 g/mol. The molecule has 0 aliphatic rings. The standard InChI is InChI=1S/C16H17F2NO2/c17-13-5-6-15(18)14(7-13)16(21)9-19-8-11-1-3-12(10-20)4-2-11/h1-7,16,19-21H,8-10H2. The molecule has 3 nitrogen and oxygen atoms in total. The summed E-state index contributed by atoms with van der Waals surface area (Å²) in [6.07, 6.45) is -1.11. The van der Waals surface area contributed by atoms with Gasteiger partial charge in [-0.1, -0.05) is 24.3 Å². The van der Waals surface area contributed by atoms with Crippen molar-refractivity contribution >= 4 is 0 Å². The number of hydrogen-bond donors (Lipinski definition) is 3. The van der Waals surface area contributed by atoms with E-state index in [2.05, 4.69) is 5.32 Å². The van der Waals surface area contributed by atoms with Crippen molar-refractivity contribution in [2.24, 2.45) is 0 Å². The summed E-state index contributed by atoms with van der Waals surface area (Å²) < 4.78 is 26.5. The van der Waals surface area contributed by atoms with Crippen LogP contribution in [0.2, 0.25) is 0 Å². The molecule has 2 rings (SSSR count). The van der Waals surface area contributed by atoms with E-state index in [9.17, 15) is 13.9 Å². The second-order valence-electron chi connectivity index (χ2n) is 4.79. The Bertz CT molecular complexity index is 587. The SMILES string of the molecule is OCc1ccc(CNCC(O)c2cc(F)ccc2F)cc1. The Balaban J connectivity index is 1.88. The number of hydrogen-bond acceptors (Lipinski definition) is 3. The van der Waals surface area contributed by atoms with Crippen LogP contribution in [0.3, 0.4) is 0 Å². The van der Waals surface area contributed by atoms with Crippen LogP contribution in [0, 0.1) is 11.6 Å². The van der Waals surface area contributed by atoms with Crippen molar-refractivity contribution < 1.29 is 19.0 Å². The Morgan fingerprint density at radius 2 is 1.67 bits per heavy atom. The molecule has 0 aliphatic heterocycles. The summed E-state index contributed by atoms with van der Waals surface area (Å²) in [4.78, 5) is 0. The van der Waals surface area contributed by atoms with Crippen molar-refractivity contribution in [1.29, 1.82) is 0 Å². The zero-order chi connectivity index (χ0) is 15.2. The second kappa shape index (κ2) is 7.26. The molecule has 2 aromatic carbocycles. The first kappa shape index (κ1) is 15.6. The van der Waals surface area contributed by atoms with E-state index in [0.29, 0.717) is 6.54 Å². The molecule has 0 saturated heterocycles. The maximum atomic E-state index is 13.5. The van der Waals surface area contributed by atoms with Gasteiger partial charge in [0, 0.05) is 18.7 Å². The van der Waals surface area contributed by atoms with Gasteiger partial charge in [-0.25, -0.2) is 8.78 Å². The molecule has 0 fully saturated rings. The molecule has 0 radical (unpaired) electrons. The second-order valence-corrected chi connectivity index (χ2v) is 4.79. The number of benzene rings is 2. The maximum absolute atomic E-state index is 13.5. The van der Waals surface area contributed by atoms with Crippen LogP contribution in [0.25, 0.3) is 0 Å². The minimum absolute atomic E-state index is 0.00866. The Hall–Kier alpha value is -1.82. The normalized spacial score (nSPS) is 12.4. The van der Waals surface area contributed by atoms with E-state index in [1.54, 1.807) is 12.1 Å². The van der Waals surface area contributed by atoms with E-state index in [1.807, 2.05) is 12.1 Å². The van der Waals surface area contributed by atoms with Crippen LogP contribution >= 0.6 is 0 Å². The van der Waals surface area contributed by atoms with Crippen molar-refractivity contribution in [3.63, 3.8) is 0 Å². The van der Waals surface area contributed by atoms with Gasteiger partial charge in [0.05, 0.1) is 12.7 Å². The molecule has 0 aliphatic carbocycles. The predicted molar refractivity (Wildman–Crippen MR) is 75.4 cm³/mol. The topological polar surface area (TPSA) is 52.5 Å². The summed E-state index contributed by atoms with van der Waals surface area (Å²) in [5.41, 5.74) is 1.73. The Morgan fingerprint density at radius 3 is 2.33 bits per heavy atom. The maximum Gasteiger partial charge on any atom is 0.129 e. The third-order valence-corrected chi connectivity index (χ3v) is 3.19. The van der Waals surface area contributed by atoms with Crippen LogP contribution in [-0.4, -0.2) is 16.8 Å². The zero-order valence-electron chi connectivity index (χ0n) is 11.4. The summed E-state index contributed by atoms with van der Waals surface area (Å²) >= 11 is 0. The van der Waals surface area contributed by atoms with Crippen molar-refractivity contribution in [3.05, 3.63) is 70.8 Å². The average molecular weight is 293 g/mol. The van der Waals surface area contributed by atoms with E-state index in [1.165, 1.54) is 0 Å². The largest absolute Gasteiger partial charge is 0.392 e. The van der Waals surface area contributed by atoms with E-state index in [4.69, 9.17) is 5.11 Å². The fourth-order valence-corrected chi connectivity index (χ4v) is 2.00. The number of aliphatic hydroxyl groups is 2. The minimum Gasteiger partial charge on any atom is -0.392 e. The van der Waals surface area contributed by atoms with Gasteiger partial charge < -0.3 is 15.5 Å². The molecular weight excluding hydrogens is 276 g/mol. The highest BCUT2D eigenvalue weighted by Gasteiger charge is 2.13. The van der Waals surface area contributed by atoms with Crippen LogP contribution in [0.1, 0.15) is 22.8 Å². The highest BCUT2D eigenvalue weighted by Crippen LogP contribution is 2.17. The molecular formula is C16H17F2NO2. The summed E-state index contributed by atoms with van der Waals surface area (Å²) in [5, 5.41) is 21.8. The van der Waals surface area contributed by atoms with Gasteiger partial charge in [-0.05, 0) is 29.3 Å². The zero-order valence-corrected chi connectivity index (χ0v) is 11.4. The third-order valence-electron chi connectivity index (χ3n) is 3.19. The highest BCUT2D eigenvalue weighted by atomic mass is 19.1. The Morgan fingerprint density at radius 1 is 1.00 bits per heavy atom. The van der Waals surface area contributed by atoms with E-state index < -0.39 is 17.7 Å². The van der Waals surface area contributed by atoms with Gasteiger partial charge in [0.2, 0.25) is 0 Å². The average Bonchev–Trinajstić information content (AvgIpc) is 2.50. The molecule has 0 spiro atoms. The number of nitrogens with one attached hydrogen (secondary N) is 1. The third kappa shape index (κ3) is 4.32. The van der Waals surface area contributed by atoms with Gasteiger partial charge in [-0.3, -0.25) is 0 Å².